The summed E-state index contributed by atoms with van der Waals surface area (Å²) in [6.07, 6.45) is 5.72. The van der Waals surface area contributed by atoms with Crippen LogP contribution in [0.2, 0.25) is 0 Å². The van der Waals surface area contributed by atoms with E-state index in [0.29, 0.717) is 42.1 Å². The Morgan fingerprint density at radius 3 is 2.73 bits per heavy atom. The van der Waals surface area contributed by atoms with E-state index in [0.717, 1.165) is 19.4 Å². The Hall–Kier alpha value is -4.37. The molecule has 2 aromatic heterocycles. The Morgan fingerprint density at radius 2 is 2.08 bits per heavy atom. The number of halogens is 1. The maximum Gasteiger partial charge on any atom is 0.414 e. The molecular formula is C28H27FN8O3. The van der Waals surface area contributed by atoms with Gasteiger partial charge in [0.25, 0.3) is 0 Å². The van der Waals surface area contributed by atoms with Gasteiger partial charge in [0.15, 0.2) is 0 Å². The van der Waals surface area contributed by atoms with E-state index in [1.165, 1.54) is 11.0 Å². The lowest BCUT2D eigenvalue weighted by atomic mass is 9.95. The molecule has 204 valence electrons. The number of nitrogens with zero attached hydrogens (tertiary/aromatic N) is 7. The molecule has 4 fully saturated rings. The molecule has 11 nitrogen and oxygen atoms in total. The van der Waals surface area contributed by atoms with Crippen LogP contribution < -0.4 is 10.2 Å². The summed E-state index contributed by atoms with van der Waals surface area (Å²) in [4.78, 5) is 33.1. The molecule has 4 aliphatic rings. The van der Waals surface area contributed by atoms with E-state index in [9.17, 15) is 14.9 Å². The number of carbonyl (C=O) groups is 2. The monoisotopic (exact) mass is 542 g/mol. The van der Waals surface area contributed by atoms with Crippen LogP contribution in [0.25, 0.3) is 11.1 Å². The molecule has 5 heterocycles. The summed E-state index contributed by atoms with van der Waals surface area (Å²) in [6, 6.07) is 10.6. The molecule has 7 rings (SSSR count). The third kappa shape index (κ3) is 3.92. The molecule has 3 saturated heterocycles. The van der Waals surface area contributed by atoms with Gasteiger partial charge in [-0.3, -0.25) is 14.7 Å². The highest BCUT2D eigenvalue weighted by Gasteiger charge is 2.71. The minimum atomic E-state index is -0.709. The Kier molecular flexibility index (Phi) is 5.78. The second-order valence-corrected chi connectivity index (χ2v) is 10.9. The van der Waals surface area contributed by atoms with Crippen LogP contribution in [0.4, 0.5) is 14.9 Å². The maximum atomic E-state index is 15.2. The number of nitriles is 1. The Bertz CT molecular complexity index is 1490. The summed E-state index contributed by atoms with van der Waals surface area (Å²) < 4.78 is 22.2. The van der Waals surface area contributed by atoms with E-state index >= 15 is 4.39 Å². The summed E-state index contributed by atoms with van der Waals surface area (Å²) in [7, 11) is 0. The standard InChI is InChI=1S/C28H27FN8O3/c29-23-10-18(37-13-19(40-27(37)39)12-36-9-8-33-34-36)4-5-20(23)17-3-6-25(32-11-17)28(16-30)21-14-35(15-22(21)28)26(38)24-2-1-7-31-24/h3-6,8-11,19,21-22,24,31H,1-2,7,12-15H2/t19-,21-,22-,24-/m0/s1. The smallest absolute Gasteiger partial charge is 0.414 e. The number of fused-ring (bicyclic) bond motifs is 1. The first kappa shape index (κ1) is 24.7. The van der Waals surface area contributed by atoms with Gasteiger partial charge in [0.1, 0.15) is 17.3 Å². The third-order valence-corrected chi connectivity index (χ3v) is 8.73. The quantitative estimate of drug-likeness (QED) is 0.502. The lowest BCUT2D eigenvalue weighted by molar-refractivity contribution is -0.132. The number of hydrogen-bond donors (Lipinski definition) is 1. The van der Waals surface area contributed by atoms with Gasteiger partial charge < -0.3 is 15.0 Å². The Labute approximate surface area is 229 Å². The lowest BCUT2D eigenvalue weighted by Gasteiger charge is -2.25. The molecule has 12 heteroatoms. The van der Waals surface area contributed by atoms with Crippen molar-refractivity contribution in [3.05, 3.63) is 60.4 Å². The van der Waals surface area contributed by atoms with Crippen molar-refractivity contribution >= 4 is 17.7 Å². The number of hydrogen-bond acceptors (Lipinski definition) is 8. The molecule has 0 bridgehead atoms. The van der Waals surface area contributed by atoms with Gasteiger partial charge in [-0.15, -0.1) is 5.10 Å². The highest BCUT2D eigenvalue weighted by atomic mass is 19.1. The van der Waals surface area contributed by atoms with Crippen LogP contribution in [0.5, 0.6) is 0 Å². The molecule has 40 heavy (non-hydrogen) atoms. The number of aromatic nitrogens is 4. The van der Waals surface area contributed by atoms with Gasteiger partial charge in [-0.2, -0.15) is 5.26 Å². The first-order valence-corrected chi connectivity index (χ1v) is 13.5. The van der Waals surface area contributed by atoms with Crippen LogP contribution in [0.1, 0.15) is 18.5 Å². The number of anilines is 1. The fraction of sp³-hybridized carbons (Fsp3) is 0.429. The number of benzene rings is 1. The molecule has 0 radical (unpaired) electrons. The van der Waals surface area contributed by atoms with Crippen molar-refractivity contribution < 1.29 is 18.7 Å². The highest BCUT2D eigenvalue weighted by Crippen LogP contribution is 2.62. The van der Waals surface area contributed by atoms with Crippen molar-refractivity contribution in [3.8, 4) is 17.2 Å². The lowest BCUT2D eigenvalue weighted by Crippen LogP contribution is -2.44. The van der Waals surface area contributed by atoms with Gasteiger partial charge in [0, 0.05) is 48.4 Å². The predicted octanol–water partition coefficient (Wildman–Crippen LogP) is 2.11. The van der Waals surface area contributed by atoms with Crippen molar-refractivity contribution in [3.63, 3.8) is 0 Å². The van der Waals surface area contributed by atoms with Crippen LogP contribution in [-0.2, 0) is 21.5 Å². The number of likely N-dealkylation sites (tertiary alicyclic amines) is 1. The molecule has 4 atom stereocenters. The zero-order valence-electron chi connectivity index (χ0n) is 21.6. The zero-order chi connectivity index (χ0) is 27.4. The molecule has 1 aromatic carbocycles. The van der Waals surface area contributed by atoms with E-state index in [-0.39, 0.29) is 30.3 Å². The van der Waals surface area contributed by atoms with Crippen LogP contribution in [0, 0.1) is 29.0 Å². The summed E-state index contributed by atoms with van der Waals surface area (Å²) in [5.41, 5.74) is 1.27. The van der Waals surface area contributed by atoms with Crippen LogP contribution in [0.3, 0.4) is 0 Å². The molecular weight excluding hydrogens is 515 g/mol. The Balaban J connectivity index is 1.03. The SMILES string of the molecule is N#CC1(c2ccc(-c3ccc(N4C[C@H](Cn5ccnn5)OC4=O)cc3F)cn2)[C@H]2CN(C(=O)[C@@H]3CCCN3)C[C@@H]21. The van der Waals surface area contributed by atoms with Gasteiger partial charge in [-0.25, -0.2) is 13.9 Å². The summed E-state index contributed by atoms with van der Waals surface area (Å²) in [5, 5.41) is 21.0. The largest absolute Gasteiger partial charge is 0.442 e. The minimum absolute atomic E-state index is 0.0609. The fourth-order valence-corrected chi connectivity index (χ4v) is 6.60. The molecule has 0 unspecified atom stereocenters. The van der Waals surface area contributed by atoms with Crippen molar-refractivity contribution in [2.75, 3.05) is 31.1 Å². The number of nitrogens with one attached hydrogen (secondary N) is 1. The first-order valence-electron chi connectivity index (χ1n) is 13.5. The summed E-state index contributed by atoms with van der Waals surface area (Å²) >= 11 is 0. The molecule has 1 saturated carbocycles. The highest BCUT2D eigenvalue weighted by molar-refractivity contribution is 5.90. The van der Waals surface area contributed by atoms with Crippen molar-refractivity contribution in [2.24, 2.45) is 11.8 Å². The summed E-state index contributed by atoms with van der Waals surface area (Å²) in [6.45, 7) is 2.63. The third-order valence-electron chi connectivity index (χ3n) is 8.73. The number of carbonyl (C=O) groups excluding carboxylic acids is 2. The van der Waals surface area contributed by atoms with E-state index in [4.69, 9.17) is 4.74 Å². The minimum Gasteiger partial charge on any atom is -0.442 e. The van der Waals surface area contributed by atoms with Crippen molar-refractivity contribution in [1.82, 2.24) is 30.2 Å². The number of ether oxygens (including phenoxy) is 1. The van der Waals surface area contributed by atoms with Crippen molar-refractivity contribution in [1.29, 1.82) is 5.26 Å². The second-order valence-electron chi connectivity index (χ2n) is 10.9. The summed E-state index contributed by atoms with van der Waals surface area (Å²) in [5.74, 6) is -0.240. The van der Waals surface area contributed by atoms with Crippen LogP contribution >= 0.6 is 0 Å². The number of pyridine rings is 1. The second kappa shape index (κ2) is 9.38. The van der Waals surface area contributed by atoms with Gasteiger partial charge >= 0.3 is 6.09 Å². The molecule has 1 aliphatic carbocycles. The molecule has 0 spiro atoms. The van der Waals surface area contributed by atoms with Crippen LogP contribution in [-0.4, -0.2) is 75.2 Å². The normalized spacial score (nSPS) is 28.9. The predicted molar refractivity (Wildman–Crippen MR) is 139 cm³/mol. The van der Waals surface area contributed by atoms with E-state index < -0.39 is 23.4 Å². The number of rotatable bonds is 6. The average molecular weight is 543 g/mol. The zero-order valence-corrected chi connectivity index (χ0v) is 21.6. The van der Waals surface area contributed by atoms with Gasteiger partial charge in [-0.1, -0.05) is 11.3 Å². The first-order chi connectivity index (χ1) is 19.5. The average Bonchev–Trinajstić information content (AvgIpc) is 3.65. The van der Waals surface area contributed by atoms with Gasteiger partial charge in [0.05, 0.1) is 42.8 Å². The molecule has 3 aromatic rings. The molecule has 2 amide bonds. The van der Waals surface area contributed by atoms with E-state index in [2.05, 4.69) is 26.7 Å². The number of amides is 2. The van der Waals surface area contributed by atoms with Gasteiger partial charge in [0.2, 0.25) is 5.91 Å². The van der Waals surface area contributed by atoms with E-state index in [1.807, 2.05) is 4.90 Å². The van der Waals surface area contributed by atoms with Crippen LogP contribution in [0.15, 0.2) is 48.9 Å². The fourth-order valence-electron chi connectivity index (χ4n) is 6.60. The number of cyclic esters (lactones) is 1. The molecule has 1 N–H and O–H groups in total. The number of piperidine rings is 1. The van der Waals surface area contributed by atoms with Crippen molar-refractivity contribution in [2.45, 2.75) is 36.9 Å². The van der Waals surface area contributed by atoms with E-state index in [1.54, 1.807) is 47.5 Å². The topological polar surface area (TPSA) is 129 Å². The maximum absolute atomic E-state index is 15.2. The Morgan fingerprint density at radius 1 is 1.23 bits per heavy atom. The molecule has 3 aliphatic heterocycles. The van der Waals surface area contributed by atoms with Gasteiger partial charge in [-0.05, 0) is 43.7 Å².